The lowest BCUT2D eigenvalue weighted by Crippen LogP contribution is -2.24. The van der Waals surface area contributed by atoms with Crippen molar-refractivity contribution in [3.05, 3.63) is 69.3 Å². The molecule has 1 N–H and O–H groups in total. The topological polar surface area (TPSA) is 73.1 Å². The smallest absolute Gasteiger partial charge is 0.182 e. The van der Waals surface area contributed by atoms with Gasteiger partial charge in [-0.1, -0.05) is 28.4 Å². The quantitative estimate of drug-likeness (QED) is 0.479. The highest BCUT2D eigenvalue weighted by Gasteiger charge is 2.34. The van der Waals surface area contributed by atoms with Crippen LogP contribution in [0.4, 0.5) is 0 Å². The number of aromatic nitrogens is 3. The normalized spacial score (nSPS) is 17.6. The number of fused-ring (bicyclic) bond motifs is 3. The molecule has 8 heteroatoms. The molecule has 0 fully saturated rings. The van der Waals surface area contributed by atoms with Gasteiger partial charge >= 0.3 is 0 Å². The zero-order valence-corrected chi connectivity index (χ0v) is 17.3. The van der Waals surface area contributed by atoms with E-state index in [9.17, 15) is 0 Å². The molecular weight excluding hydrogens is 423 g/mol. The molecule has 2 aromatic carbocycles. The zero-order chi connectivity index (χ0) is 20.2. The summed E-state index contributed by atoms with van der Waals surface area (Å²) in [5.74, 6) is 1.56. The second-order valence-corrected chi connectivity index (χ2v) is 8.41. The van der Waals surface area contributed by atoms with Crippen LogP contribution in [0.5, 0.6) is 5.75 Å². The molecule has 0 bridgehead atoms. The SMILES string of the molecule is Clc1cc2c(c(-c3ncnc4cc(Cl)ccc34)c1)O[C@@H](c1onc3c1CNCC3)C2. The fourth-order valence-corrected chi connectivity index (χ4v) is 4.71. The van der Waals surface area contributed by atoms with Crippen LogP contribution in [0.3, 0.4) is 0 Å². The molecule has 30 heavy (non-hydrogen) atoms. The first kappa shape index (κ1) is 18.1. The van der Waals surface area contributed by atoms with Gasteiger partial charge in [0.2, 0.25) is 0 Å². The van der Waals surface area contributed by atoms with Crippen LogP contribution in [-0.2, 0) is 19.4 Å². The van der Waals surface area contributed by atoms with Gasteiger partial charge in [-0.05, 0) is 30.3 Å². The van der Waals surface area contributed by atoms with Crippen molar-refractivity contribution in [1.82, 2.24) is 20.4 Å². The molecule has 0 spiro atoms. The third-order valence-corrected chi connectivity index (χ3v) is 6.14. The minimum absolute atomic E-state index is 0.240. The first-order chi connectivity index (χ1) is 14.7. The monoisotopic (exact) mass is 438 g/mol. The maximum absolute atomic E-state index is 6.48. The van der Waals surface area contributed by atoms with E-state index in [1.807, 2.05) is 30.3 Å². The van der Waals surface area contributed by atoms with Gasteiger partial charge in [-0.2, -0.15) is 0 Å². The Hall–Kier alpha value is -2.67. The molecule has 6 nitrogen and oxygen atoms in total. The van der Waals surface area contributed by atoms with Crippen molar-refractivity contribution in [3.63, 3.8) is 0 Å². The van der Waals surface area contributed by atoms with Crippen LogP contribution in [0, 0.1) is 0 Å². The van der Waals surface area contributed by atoms with Crippen molar-refractivity contribution >= 4 is 34.1 Å². The molecule has 0 aliphatic carbocycles. The van der Waals surface area contributed by atoms with E-state index in [2.05, 4.69) is 20.4 Å². The molecule has 0 amide bonds. The summed E-state index contributed by atoms with van der Waals surface area (Å²) in [5, 5.41) is 9.79. The predicted molar refractivity (Wildman–Crippen MR) is 114 cm³/mol. The van der Waals surface area contributed by atoms with Crippen molar-refractivity contribution in [2.24, 2.45) is 0 Å². The van der Waals surface area contributed by atoms with E-state index in [1.54, 1.807) is 0 Å². The van der Waals surface area contributed by atoms with Gasteiger partial charge in [-0.25, -0.2) is 9.97 Å². The minimum Gasteiger partial charge on any atom is -0.481 e. The molecule has 0 saturated carbocycles. The van der Waals surface area contributed by atoms with E-state index in [0.717, 1.165) is 70.0 Å². The molecule has 0 radical (unpaired) electrons. The Kier molecular flexibility index (Phi) is 4.19. The van der Waals surface area contributed by atoms with Crippen molar-refractivity contribution < 1.29 is 9.26 Å². The molecule has 150 valence electrons. The van der Waals surface area contributed by atoms with E-state index in [1.165, 1.54) is 6.33 Å². The van der Waals surface area contributed by atoms with Crippen molar-refractivity contribution in [2.75, 3.05) is 6.54 Å². The zero-order valence-electron chi connectivity index (χ0n) is 15.8. The summed E-state index contributed by atoms with van der Waals surface area (Å²) in [4.78, 5) is 8.89. The first-order valence-corrected chi connectivity index (χ1v) is 10.5. The van der Waals surface area contributed by atoms with Gasteiger partial charge in [0.1, 0.15) is 12.1 Å². The largest absolute Gasteiger partial charge is 0.481 e. The fraction of sp³-hybridized carbons (Fsp3) is 0.227. The Balaban J connectivity index is 1.46. The second kappa shape index (κ2) is 6.94. The van der Waals surface area contributed by atoms with E-state index in [0.29, 0.717) is 16.5 Å². The van der Waals surface area contributed by atoms with Gasteiger partial charge in [0.05, 0.1) is 16.9 Å². The molecule has 0 unspecified atom stereocenters. The molecule has 2 aromatic heterocycles. The lowest BCUT2D eigenvalue weighted by atomic mass is 9.99. The third-order valence-electron chi connectivity index (χ3n) is 5.68. The van der Waals surface area contributed by atoms with Crippen LogP contribution in [0.2, 0.25) is 10.0 Å². The summed E-state index contributed by atoms with van der Waals surface area (Å²) in [5.41, 5.74) is 5.51. The number of nitrogens with one attached hydrogen (secondary N) is 1. The van der Waals surface area contributed by atoms with Crippen molar-refractivity contribution in [1.29, 1.82) is 0 Å². The van der Waals surface area contributed by atoms with Gasteiger partial charge < -0.3 is 14.6 Å². The van der Waals surface area contributed by atoms with Crippen LogP contribution in [0.25, 0.3) is 22.2 Å². The standard InChI is InChI=1S/C22H16Cl2N4O2/c23-12-1-2-14-18(8-12)26-10-27-20(14)15-7-13(24)5-11-6-19(29-21(11)15)22-16-9-25-4-3-17(16)28-30-22/h1-2,5,7-8,10,19,25H,3-4,6,9H2/t19-/m1/s1. The Labute approximate surface area is 182 Å². The summed E-state index contributed by atoms with van der Waals surface area (Å²) < 4.78 is 12.1. The molecule has 4 heterocycles. The molecular formula is C22H16Cl2N4O2. The van der Waals surface area contributed by atoms with Crippen molar-refractivity contribution in [2.45, 2.75) is 25.5 Å². The summed E-state index contributed by atoms with van der Waals surface area (Å²) in [6.07, 6.45) is 2.83. The van der Waals surface area contributed by atoms with Gasteiger partial charge in [-0.3, -0.25) is 0 Å². The molecule has 4 aromatic rings. The van der Waals surface area contributed by atoms with Gasteiger partial charge in [0.15, 0.2) is 11.9 Å². The molecule has 2 aliphatic heterocycles. The summed E-state index contributed by atoms with van der Waals surface area (Å²) in [6, 6.07) is 9.41. The summed E-state index contributed by atoms with van der Waals surface area (Å²) >= 11 is 12.6. The highest BCUT2D eigenvalue weighted by molar-refractivity contribution is 6.31. The highest BCUT2D eigenvalue weighted by Crippen LogP contribution is 2.46. The molecule has 6 rings (SSSR count). The van der Waals surface area contributed by atoms with Crippen molar-refractivity contribution in [3.8, 4) is 17.0 Å². The number of ether oxygens (including phenoxy) is 1. The maximum atomic E-state index is 6.48. The van der Waals surface area contributed by atoms with Gasteiger partial charge in [-0.15, -0.1) is 0 Å². The lowest BCUT2D eigenvalue weighted by Gasteiger charge is -2.15. The second-order valence-electron chi connectivity index (χ2n) is 7.53. The summed E-state index contributed by atoms with van der Waals surface area (Å²) in [7, 11) is 0. The number of hydrogen-bond acceptors (Lipinski definition) is 6. The average Bonchev–Trinajstić information content (AvgIpc) is 3.36. The van der Waals surface area contributed by atoms with E-state index < -0.39 is 0 Å². The van der Waals surface area contributed by atoms with Crippen LogP contribution < -0.4 is 10.1 Å². The lowest BCUT2D eigenvalue weighted by molar-refractivity contribution is 0.189. The number of hydrogen-bond donors (Lipinski definition) is 1. The molecule has 2 aliphatic rings. The van der Waals surface area contributed by atoms with E-state index in [4.69, 9.17) is 32.5 Å². The maximum Gasteiger partial charge on any atom is 0.182 e. The fourth-order valence-electron chi connectivity index (χ4n) is 4.31. The number of nitrogens with zero attached hydrogens (tertiary/aromatic N) is 3. The average molecular weight is 439 g/mol. The van der Waals surface area contributed by atoms with Gasteiger partial charge in [0, 0.05) is 58.1 Å². The van der Waals surface area contributed by atoms with E-state index >= 15 is 0 Å². The Morgan fingerprint density at radius 2 is 2.00 bits per heavy atom. The Morgan fingerprint density at radius 3 is 2.93 bits per heavy atom. The van der Waals surface area contributed by atoms with E-state index in [-0.39, 0.29) is 6.10 Å². The van der Waals surface area contributed by atoms with Crippen LogP contribution in [0.1, 0.15) is 28.7 Å². The number of rotatable bonds is 2. The summed E-state index contributed by atoms with van der Waals surface area (Å²) in [6.45, 7) is 1.66. The molecule has 0 saturated heterocycles. The van der Waals surface area contributed by atoms with Crippen LogP contribution >= 0.6 is 23.2 Å². The molecule has 1 atom stereocenters. The highest BCUT2D eigenvalue weighted by atomic mass is 35.5. The first-order valence-electron chi connectivity index (χ1n) is 9.75. The number of benzene rings is 2. The Morgan fingerprint density at radius 1 is 1.07 bits per heavy atom. The third kappa shape index (κ3) is 2.87. The van der Waals surface area contributed by atoms with Gasteiger partial charge in [0.25, 0.3) is 0 Å². The predicted octanol–water partition coefficient (Wildman–Crippen LogP) is 4.91. The van der Waals surface area contributed by atoms with Crippen LogP contribution in [-0.4, -0.2) is 21.7 Å². The van der Waals surface area contributed by atoms with Crippen LogP contribution in [0.15, 0.2) is 41.2 Å². The minimum atomic E-state index is -0.240. The Bertz CT molecular complexity index is 1300. The number of halogens is 2.